The average Bonchev–Trinajstić information content (AvgIpc) is 2.26. The number of aryl methyl sites for hydroxylation is 1. The molecule has 0 spiro atoms. The van der Waals surface area contributed by atoms with Crippen LogP contribution in [0.25, 0.3) is 0 Å². The molecular weight excluding hydrogens is 248 g/mol. The average molecular weight is 269 g/mol. The molecule has 0 aromatic carbocycles. The second kappa shape index (κ2) is 6.39. The lowest BCUT2D eigenvalue weighted by Gasteiger charge is -2.37. The van der Waals surface area contributed by atoms with Crippen LogP contribution in [0.1, 0.15) is 30.7 Å². The molecular formula is C14H21ClN2O. The van der Waals surface area contributed by atoms with Crippen molar-refractivity contribution >= 4 is 11.6 Å². The fourth-order valence-corrected chi connectivity index (χ4v) is 2.58. The van der Waals surface area contributed by atoms with Crippen LogP contribution in [0.3, 0.4) is 0 Å². The zero-order valence-corrected chi connectivity index (χ0v) is 11.9. The smallest absolute Gasteiger partial charge is 0.122 e. The Hall–Kier alpha value is -0.800. The Morgan fingerprint density at radius 2 is 2.22 bits per heavy atom. The van der Waals surface area contributed by atoms with E-state index in [9.17, 15) is 0 Å². The maximum absolute atomic E-state index is 5.89. The van der Waals surface area contributed by atoms with Gasteiger partial charge in [-0.25, -0.2) is 0 Å². The van der Waals surface area contributed by atoms with Gasteiger partial charge in [-0.05, 0) is 19.8 Å². The van der Waals surface area contributed by atoms with Gasteiger partial charge in [0.25, 0.3) is 0 Å². The van der Waals surface area contributed by atoms with Crippen molar-refractivity contribution in [3.05, 3.63) is 23.5 Å². The number of pyridine rings is 1. The number of ether oxygens (including phenoxy) is 1. The molecule has 100 valence electrons. The maximum atomic E-state index is 5.89. The summed E-state index contributed by atoms with van der Waals surface area (Å²) >= 11 is 5.89. The molecule has 1 saturated carbocycles. The van der Waals surface area contributed by atoms with E-state index in [1.165, 1.54) is 19.3 Å². The van der Waals surface area contributed by atoms with Crippen molar-refractivity contribution in [1.29, 1.82) is 0 Å². The number of halogens is 1. The molecule has 2 rings (SSSR count). The van der Waals surface area contributed by atoms with Gasteiger partial charge in [0, 0.05) is 42.8 Å². The van der Waals surface area contributed by atoms with Crippen molar-refractivity contribution in [1.82, 2.24) is 9.88 Å². The van der Waals surface area contributed by atoms with E-state index in [0.717, 1.165) is 30.2 Å². The number of aromatic nitrogens is 1. The predicted molar refractivity (Wildman–Crippen MR) is 74.3 cm³/mol. The summed E-state index contributed by atoms with van der Waals surface area (Å²) in [4.78, 5) is 7.02. The van der Waals surface area contributed by atoms with Crippen LogP contribution in [0.2, 0.25) is 0 Å². The van der Waals surface area contributed by atoms with Crippen LogP contribution in [0.4, 0.5) is 0 Å². The van der Waals surface area contributed by atoms with Gasteiger partial charge in [0.05, 0.1) is 12.8 Å². The maximum Gasteiger partial charge on any atom is 0.122 e. The summed E-state index contributed by atoms with van der Waals surface area (Å²) in [6.07, 6.45) is 3.92. The Balaban J connectivity index is 2.07. The number of alkyl halides is 1. The van der Waals surface area contributed by atoms with Crippen LogP contribution in [-0.4, -0.2) is 35.5 Å². The van der Waals surface area contributed by atoms with Gasteiger partial charge in [0.2, 0.25) is 0 Å². The third-order valence-corrected chi connectivity index (χ3v) is 3.71. The second-order valence-corrected chi connectivity index (χ2v) is 5.26. The Labute approximate surface area is 114 Å². The molecule has 1 fully saturated rings. The summed E-state index contributed by atoms with van der Waals surface area (Å²) in [5.74, 6) is 1.57. The standard InChI is InChI=1S/C14H21ClN2O/c1-11-8-14(18-2)9-12(16-11)10-17(7-6-15)13-4-3-5-13/h8-9,13H,3-7,10H2,1-2H3. The Morgan fingerprint density at radius 3 is 2.78 bits per heavy atom. The third kappa shape index (κ3) is 3.36. The highest BCUT2D eigenvalue weighted by Crippen LogP contribution is 2.26. The van der Waals surface area contributed by atoms with Crippen LogP contribution in [0.5, 0.6) is 5.75 Å². The quantitative estimate of drug-likeness (QED) is 0.742. The van der Waals surface area contributed by atoms with Crippen molar-refractivity contribution in [3.8, 4) is 5.75 Å². The zero-order chi connectivity index (χ0) is 13.0. The summed E-state index contributed by atoms with van der Waals surface area (Å²) in [6.45, 7) is 3.81. The van der Waals surface area contributed by atoms with E-state index in [-0.39, 0.29) is 0 Å². The number of nitrogens with zero attached hydrogens (tertiary/aromatic N) is 2. The minimum atomic E-state index is 0.680. The molecule has 0 atom stereocenters. The van der Waals surface area contributed by atoms with Crippen molar-refractivity contribution < 1.29 is 4.74 Å². The fraction of sp³-hybridized carbons (Fsp3) is 0.643. The van der Waals surface area contributed by atoms with E-state index in [4.69, 9.17) is 16.3 Å². The number of hydrogen-bond acceptors (Lipinski definition) is 3. The Morgan fingerprint density at radius 1 is 1.44 bits per heavy atom. The largest absolute Gasteiger partial charge is 0.497 e. The fourth-order valence-electron chi connectivity index (χ4n) is 2.36. The molecule has 0 unspecified atom stereocenters. The molecule has 0 bridgehead atoms. The van der Waals surface area contributed by atoms with Crippen molar-refractivity contribution in [2.75, 3.05) is 19.5 Å². The first-order valence-corrected chi connectivity index (χ1v) is 7.08. The summed E-state index contributed by atoms with van der Waals surface area (Å²) in [7, 11) is 1.70. The molecule has 0 saturated heterocycles. The monoisotopic (exact) mass is 268 g/mol. The van der Waals surface area contributed by atoms with Gasteiger partial charge in [-0.1, -0.05) is 6.42 Å². The van der Waals surface area contributed by atoms with E-state index < -0.39 is 0 Å². The number of methoxy groups -OCH3 is 1. The predicted octanol–water partition coefficient (Wildman–Crippen LogP) is 2.99. The molecule has 1 heterocycles. The summed E-state index contributed by atoms with van der Waals surface area (Å²) < 4.78 is 5.29. The SMILES string of the molecule is COc1cc(C)nc(CN(CCCl)C2CCC2)c1. The summed E-state index contributed by atoms with van der Waals surface area (Å²) in [6, 6.07) is 4.67. The highest BCUT2D eigenvalue weighted by atomic mass is 35.5. The van der Waals surface area contributed by atoms with Gasteiger partial charge in [-0.3, -0.25) is 9.88 Å². The lowest BCUT2D eigenvalue weighted by atomic mass is 9.91. The lowest BCUT2D eigenvalue weighted by molar-refractivity contribution is 0.126. The second-order valence-electron chi connectivity index (χ2n) is 4.88. The van der Waals surface area contributed by atoms with E-state index >= 15 is 0 Å². The number of rotatable bonds is 6. The molecule has 3 nitrogen and oxygen atoms in total. The molecule has 1 aromatic heterocycles. The molecule has 18 heavy (non-hydrogen) atoms. The first-order valence-electron chi connectivity index (χ1n) is 6.54. The van der Waals surface area contributed by atoms with E-state index in [0.29, 0.717) is 11.9 Å². The highest BCUT2D eigenvalue weighted by molar-refractivity contribution is 6.18. The molecule has 4 heteroatoms. The Kier molecular flexibility index (Phi) is 4.84. The third-order valence-electron chi connectivity index (χ3n) is 3.54. The molecule has 0 amide bonds. The van der Waals surface area contributed by atoms with Gasteiger partial charge in [-0.15, -0.1) is 11.6 Å². The van der Waals surface area contributed by atoms with Crippen LogP contribution in [-0.2, 0) is 6.54 Å². The van der Waals surface area contributed by atoms with Gasteiger partial charge < -0.3 is 4.74 Å². The summed E-state index contributed by atoms with van der Waals surface area (Å²) in [5, 5.41) is 0. The first kappa shape index (κ1) is 13.6. The van der Waals surface area contributed by atoms with Crippen LogP contribution >= 0.6 is 11.6 Å². The summed E-state index contributed by atoms with van der Waals surface area (Å²) in [5.41, 5.74) is 2.08. The van der Waals surface area contributed by atoms with Crippen molar-refractivity contribution in [2.24, 2.45) is 0 Å². The van der Waals surface area contributed by atoms with Crippen LogP contribution in [0, 0.1) is 6.92 Å². The van der Waals surface area contributed by atoms with E-state index in [2.05, 4.69) is 9.88 Å². The van der Waals surface area contributed by atoms with Crippen LogP contribution < -0.4 is 4.74 Å². The molecule has 0 aliphatic heterocycles. The topological polar surface area (TPSA) is 25.4 Å². The molecule has 0 radical (unpaired) electrons. The number of hydrogen-bond donors (Lipinski definition) is 0. The molecule has 1 aliphatic carbocycles. The highest BCUT2D eigenvalue weighted by Gasteiger charge is 2.24. The van der Waals surface area contributed by atoms with Gasteiger partial charge >= 0.3 is 0 Å². The Bertz CT molecular complexity index is 393. The van der Waals surface area contributed by atoms with E-state index in [1.807, 2.05) is 19.1 Å². The lowest BCUT2D eigenvalue weighted by Crippen LogP contribution is -2.40. The minimum Gasteiger partial charge on any atom is -0.497 e. The molecule has 0 N–H and O–H groups in total. The van der Waals surface area contributed by atoms with Crippen LogP contribution in [0.15, 0.2) is 12.1 Å². The van der Waals surface area contributed by atoms with E-state index in [1.54, 1.807) is 7.11 Å². The molecule has 1 aromatic rings. The van der Waals surface area contributed by atoms with Crippen molar-refractivity contribution in [3.63, 3.8) is 0 Å². The zero-order valence-electron chi connectivity index (χ0n) is 11.2. The first-order chi connectivity index (χ1) is 8.72. The normalized spacial score (nSPS) is 15.8. The van der Waals surface area contributed by atoms with Gasteiger partial charge in [-0.2, -0.15) is 0 Å². The minimum absolute atomic E-state index is 0.680. The van der Waals surface area contributed by atoms with Crippen molar-refractivity contribution in [2.45, 2.75) is 38.8 Å². The van der Waals surface area contributed by atoms with Gasteiger partial charge in [0.15, 0.2) is 0 Å². The van der Waals surface area contributed by atoms with Gasteiger partial charge in [0.1, 0.15) is 5.75 Å². The molecule has 1 aliphatic rings.